The summed E-state index contributed by atoms with van der Waals surface area (Å²) < 4.78 is 0. The lowest BCUT2D eigenvalue weighted by atomic mass is 9.72. The zero-order valence-corrected chi connectivity index (χ0v) is 14.3. The van der Waals surface area contributed by atoms with Gasteiger partial charge in [-0.3, -0.25) is 4.79 Å². The van der Waals surface area contributed by atoms with Crippen molar-refractivity contribution >= 4 is 17.5 Å². The Morgan fingerprint density at radius 2 is 2.00 bits per heavy atom. The monoisotopic (exact) mass is 317 g/mol. The number of carbonyl (C=O) groups is 1. The Kier molecular flexibility index (Phi) is 5.47. The van der Waals surface area contributed by atoms with Crippen LogP contribution in [0, 0.1) is 5.41 Å². The molecule has 2 rings (SSSR count). The molecule has 0 atom stereocenters. The summed E-state index contributed by atoms with van der Waals surface area (Å²) in [7, 11) is 0. The van der Waals surface area contributed by atoms with Gasteiger partial charge < -0.3 is 5.32 Å². The zero-order valence-electron chi connectivity index (χ0n) is 13.6. The van der Waals surface area contributed by atoms with E-state index in [1.807, 2.05) is 30.3 Å². The molecule has 0 saturated heterocycles. The normalized spacial score (nSPS) is 17.8. The van der Waals surface area contributed by atoms with Crippen molar-refractivity contribution in [3.63, 3.8) is 0 Å². The smallest absolute Gasteiger partial charge is 0.244 e. The highest BCUT2D eigenvalue weighted by Gasteiger charge is 2.26. The molecule has 0 fully saturated rings. The molecule has 22 heavy (non-hydrogen) atoms. The first kappa shape index (κ1) is 16.8. The Hall–Kier alpha value is -1.54. The van der Waals surface area contributed by atoms with Crippen molar-refractivity contribution in [1.82, 2.24) is 5.32 Å². The summed E-state index contributed by atoms with van der Waals surface area (Å²) in [5.41, 5.74) is 3.91. The number of rotatable bonds is 4. The van der Waals surface area contributed by atoms with Gasteiger partial charge in [0.25, 0.3) is 0 Å². The van der Waals surface area contributed by atoms with Gasteiger partial charge in [0.1, 0.15) is 0 Å². The number of halogens is 1. The summed E-state index contributed by atoms with van der Waals surface area (Å²) >= 11 is 5.85. The first-order chi connectivity index (χ1) is 10.4. The lowest BCUT2D eigenvalue weighted by molar-refractivity contribution is -0.116. The van der Waals surface area contributed by atoms with E-state index in [-0.39, 0.29) is 11.3 Å². The molecule has 1 aliphatic carbocycles. The van der Waals surface area contributed by atoms with Crippen LogP contribution in [0.5, 0.6) is 0 Å². The van der Waals surface area contributed by atoms with Crippen molar-refractivity contribution in [1.29, 1.82) is 0 Å². The summed E-state index contributed by atoms with van der Waals surface area (Å²) in [6.07, 6.45) is 7.19. The van der Waals surface area contributed by atoms with Gasteiger partial charge in [0, 0.05) is 17.6 Å². The lowest BCUT2D eigenvalue weighted by Crippen LogP contribution is -2.22. The molecule has 0 radical (unpaired) electrons. The fourth-order valence-electron chi connectivity index (χ4n) is 3.02. The fourth-order valence-corrected chi connectivity index (χ4v) is 3.15. The van der Waals surface area contributed by atoms with Crippen LogP contribution in [-0.2, 0) is 11.3 Å². The maximum Gasteiger partial charge on any atom is 0.244 e. The minimum absolute atomic E-state index is 0.0587. The van der Waals surface area contributed by atoms with E-state index in [0.29, 0.717) is 11.6 Å². The molecule has 118 valence electrons. The van der Waals surface area contributed by atoms with E-state index >= 15 is 0 Å². The molecule has 0 spiro atoms. The molecule has 1 amide bonds. The molecular formula is C19H24ClNO. The van der Waals surface area contributed by atoms with E-state index in [1.165, 1.54) is 24.0 Å². The number of hydrogen-bond acceptors (Lipinski definition) is 1. The highest BCUT2D eigenvalue weighted by Crippen LogP contribution is 2.40. The van der Waals surface area contributed by atoms with E-state index in [1.54, 1.807) is 6.08 Å². The van der Waals surface area contributed by atoms with Gasteiger partial charge in [0.15, 0.2) is 0 Å². The molecule has 1 aromatic carbocycles. The summed E-state index contributed by atoms with van der Waals surface area (Å²) in [6.45, 7) is 7.19. The Labute approximate surface area is 138 Å². The Morgan fingerprint density at radius 3 is 2.64 bits per heavy atom. The van der Waals surface area contributed by atoms with Crippen LogP contribution in [-0.4, -0.2) is 5.91 Å². The number of allylic oxidation sites excluding steroid dienone is 3. The molecular weight excluding hydrogens is 294 g/mol. The number of benzene rings is 1. The summed E-state index contributed by atoms with van der Waals surface area (Å²) in [4.78, 5) is 12.0. The number of amides is 1. The second-order valence-electron chi connectivity index (χ2n) is 6.61. The third kappa shape index (κ3) is 4.48. The molecule has 0 aliphatic heterocycles. The van der Waals surface area contributed by atoms with Crippen LogP contribution in [0.4, 0.5) is 0 Å². The van der Waals surface area contributed by atoms with Crippen LogP contribution < -0.4 is 5.32 Å². The lowest BCUT2D eigenvalue weighted by Gasteiger charge is -2.32. The second-order valence-corrected chi connectivity index (χ2v) is 7.05. The Morgan fingerprint density at radius 1 is 1.32 bits per heavy atom. The van der Waals surface area contributed by atoms with Gasteiger partial charge in [-0.1, -0.05) is 49.2 Å². The molecule has 0 heterocycles. The summed E-state index contributed by atoms with van der Waals surface area (Å²) in [5, 5.41) is 3.61. The van der Waals surface area contributed by atoms with Crippen molar-refractivity contribution in [2.45, 2.75) is 46.6 Å². The summed E-state index contributed by atoms with van der Waals surface area (Å²) in [5.74, 6) is -0.0587. The van der Waals surface area contributed by atoms with E-state index in [0.717, 1.165) is 12.0 Å². The van der Waals surface area contributed by atoms with Crippen molar-refractivity contribution in [3.05, 3.63) is 58.1 Å². The molecule has 1 aliphatic rings. The van der Waals surface area contributed by atoms with Crippen LogP contribution in [0.25, 0.3) is 0 Å². The molecule has 3 heteroatoms. The van der Waals surface area contributed by atoms with Gasteiger partial charge in [-0.2, -0.15) is 0 Å². The second kappa shape index (κ2) is 7.15. The van der Waals surface area contributed by atoms with Crippen LogP contribution in [0.15, 0.2) is 47.6 Å². The van der Waals surface area contributed by atoms with Gasteiger partial charge in [-0.05, 0) is 54.9 Å². The van der Waals surface area contributed by atoms with Crippen molar-refractivity contribution in [2.24, 2.45) is 5.41 Å². The number of carbonyl (C=O) groups excluding carboxylic acids is 1. The molecule has 0 aromatic heterocycles. The predicted molar refractivity (Wildman–Crippen MR) is 92.8 cm³/mol. The predicted octanol–water partition coefficient (Wildman–Crippen LogP) is 5.04. The summed E-state index contributed by atoms with van der Waals surface area (Å²) in [6, 6.07) is 7.50. The largest absolute Gasteiger partial charge is 0.348 e. The average Bonchev–Trinajstić information content (AvgIpc) is 2.45. The number of hydrogen-bond donors (Lipinski definition) is 1. The van der Waals surface area contributed by atoms with Gasteiger partial charge in [-0.15, -0.1) is 0 Å². The van der Waals surface area contributed by atoms with E-state index in [2.05, 4.69) is 26.1 Å². The quantitative estimate of drug-likeness (QED) is 0.774. The Bertz CT molecular complexity index is 596. The maximum absolute atomic E-state index is 12.0. The van der Waals surface area contributed by atoms with E-state index in [9.17, 15) is 4.79 Å². The van der Waals surface area contributed by atoms with Crippen LogP contribution in [0.1, 0.15) is 45.6 Å². The van der Waals surface area contributed by atoms with Crippen LogP contribution in [0.3, 0.4) is 0 Å². The third-order valence-electron chi connectivity index (χ3n) is 4.32. The highest BCUT2D eigenvalue weighted by molar-refractivity contribution is 6.30. The standard InChI is InChI=1S/C19H24ClNO/c1-14-5-4-12-19(2,3)17(14)10-11-18(22)21-13-15-6-8-16(20)9-7-15/h6-11H,4-5,12-13H2,1-3H3,(H,21,22). The molecule has 1 aromatic rings. The van der Waals surface area contributed by atoms with Gasteiger partial charge in [0.05, 0.1) is 0 Å². The SMILES string of the molecule is CC1=C(C=CC(=O)NCc2ccc(Cl)cc2)C(C)(C)CCC1. The van der Waals surface area contributed by atoms with E-state index in [4.69, 9.17) is 11.6 Å². The average molecular weight is 318 g/mol. The van der Waals surface area contributed by atoms with Gasteiger partial charge in [-0.25, -0.2) is 0 Å². The third-order valence-corrected chi connectivity index (χ3v) is 4.58. The highest BCUT2D eigenvalue weighted by atomic mass is 35.5. The fraction of sp³-hybridized carbons (Fsp3) is 0.421. The van der Waals surface area contributed by atoms with Crippen LogP contribution >= 0.6 is 11.6 Å². The molecule has 0 saturated carbocycles. The topological polar surface area (TPSA) is 29.1 Å². The van der Waals surface area contributed by atoms with Crippen LogP contribution in [0.2, 0.25) is 5.02 Å². The first-order valence-electron chi connectivity index (χ1n) is 7.79. The van der Waals surface area contributed by atoms with Gasteiger partial charge in [0.2, 0.25) is 5.91 Å². The van der Waals surface area contributed by atoms with Crippen molar-refractivity contribution in [2.75, 3.05) is 0 Å². The molecule has 2 nitrogen and oxygen atoms in total. The zero-order chi connectivity index (χ0) is 16.2. The van der Waals surface area contributed by atoms with E-state index < -0.39 is 0 Å². The Balaban J connectivity index is 1.95. The number of nitrogens with one attached hydrogen (secondary N) is 1. The minimum Gasteiger partial charge on any atom is -0.348 e. The van der Waals surface area contributed by atoms with Crippen molar-refractivity contribution in [3.8, 4) is 0 Å². The first-order valence-corrected chi connectivity index (χ1v) is 8.17. The molecule has 0 unspecified atom stereocenters. The molecule has 0 bridgehead atoms. The molecule has 1 N–H and O–H groups in total. The van der Waals surface area contributed by atoms with Crippen molar-refractivity contribution < 1.29 is 4.79 Å². The minimum atomic E-state index is -0.0587. The van der Waals surface area contributed by atoms with Gasteiger partial charge >= 0.3 is 0 Å². The maximum atomic E-state index is 12.0.